The standard InChI is InChI=1S/C11H14N2O7S/c14-9-1-2-10(15)13(9)8-5-7(12-11(8)16)6-20-3-4-21(17,18)19/h1-2,7-8H,3-6H2,(H,12,16)(H,17,18,19)/t7-,8-/m0/s1. The maximum Gasteiger partial charge on any atom is 0.267 e. The Balaban J connectivity index is 1.83. The highest BCUT2D eigenvalue weighted by Gasteiger charge is 2.42. The van der Waals surface area contributed by atoms with E-state index in [1.165, 1.54) is 0 Å². The monoisotopic (exact) mass is 318 g/mol. The van der Waals surface area contributed by atoms with Gasteiger partial charge in [0.15, 0.2) is 0 Å². The second-order valence-electron chi connectivity index (χ2n) is 4.70. The number of imide groups is 1. The maximum absolute atomic E-state index is 11.8. The Morgan fingerprint density at radius 3 is 2.48 bits per heavy atom. The Labute approximate surface area is 120 Å². The summed E-state index contributed by atoms with van der Waals surface area (Å²) in [7, 11) is -4.09. The van der Waals surface area contributed by atoms with Crippen LogP contribution in [0, 0.1) is 0 Å². The molecule has 2 rings (SSSR count). The second-order valence-corrected chi connectivity index (χ2v) is 6.27. The van der Waals surface area contributed by atoms with Crippen LogP contribution < -0.4 is 5.32 Å². The van der Waals surface area contributed by atoms with Crippen LogP contribution in [0.15, 0.2) is 12.2 Å². The summed E-state index contributed by atoms with van der Waals surface area (Å²) < 4.78 is 34.6. The van der Waals surface area contributed by atoms with Gasteiger partial charge in [0.25, 0.3) is 21.9 Å². The van der Waals surface area contributed by atoms with Gasteiger partial charge in [-0.05, 0) is 6.42 Å². The number of amides is 3. The number of carbonyl (C=O) groups excluding carboxylic acids is 3. The molecule has 1 saturated heterocycles. The van der Waals surface area contributed by atoms with Crippen molar-refractivity contribution in [1.29, 1.82) is 0 Å². The molecule has 116 valence electrons. The Hall–Kier alpha value is -1.78. The van der Waals surface area contributed by atoms with Gasteiger partial charge in [-0.25, -0.2) is 0 Å². The van der Waals surface area contributed by atoms with Gasteiger partial charge in [0.05, 0.1) is 25.0 Å². The van der Waals surface area contributed by atoms with E-state index in [0.29, 0.717) is 0 Å². The van der Waals surface area contributed by atoms with Crippen molar-refractivity contribution in [3.63, 3.8) is 0 Å². The molecular formula is C11H14N2O7S. The average Bonchev–Trinajstić information content (AvgIpc) is 2.87. The first kappa shape index (κ1) is 15.6. The van der Waals surface area contributed by atoms with E-state index in [1.807, 2.05) is 0 Å². The molecule has 0 aromatic heterocycles. The zero-order chi connectivity index (χ0) is 15.6. The molecule has 2 heterocycles. The van der Waals surface area contributed by atoms with Gasteiger partial charge in [-0.15, -0.1) is 0 Å². The van der Waals surface area contributed by atoms with Crippen molar-refractivity contribution < 1.29 is 32.1 Å². The summed E-state index contributed by atoms with van der Waals surface area (Å²) in [5.74, 6) is -2.06. The second kappa shape index (κ2) is 5.92. The number of hydrogen-bond donors (Lipinski definition) is 2. The van der Waals surface area contributed by atoms with Gasteiger partial charge < -0.3 is 10.1 Å². The highest BCUT2D eigenvalue weighted by Crippen LogP contribution is 2.19. The third kappa shape index (κ3) is 3.86. The Bertz CT molecular complexity index is 580. The first-order valence-corrected chi connectivity index (χ1v) is 7.77. The van der Waals surface area contributed by atoms with Gasteiger partial charge >= 0.3 is 0 Å². The average molecular weight is 318 g/mol. The van der Waals surface area contributed by atoms with Crippen molar-refractivity contribution >= 4 is 27.8 Å². The molecule has 2 atom stereocenters. The molecule has 9 nitrogen and oxygen atoms in total. The molecule has 0 radical (unpaired) electrons. The predicted molar refractivity (Wildman–Crippen MR) is 68.6 cm³/mol. The summed E-state index contributed by atoms with van der Waals surface area (Å²) in [5.41, 5.74) is 0. The molecule has 0 aromatic carbocycles. The molecule has 0 spiro atoms. The van der Waals surface area contributed by atoms with E-state index in [9.17, 15) is 22.8 Å². The van der Waals surface area contributed by atoms with Crippen LogP contribution in [0.25, 0.3) is 0 Å². The van der Waals surface area contributed by atoms with E-state index in [1.54, 1.807) is 0 Å². The lowest BCUT2D eigenvalue weighted by atomic mass is 10.1. The quantitative estimate of drug-likeness (QED) is 0.331. The van der Waals surface area contributed by atoms with Crippen molar-refractivity contribution in [2.24, 2.45) is 0 Å². The highest BCUT2D eigenvalue weighted by atomic mass is 32.2. The fraction of sp³-hybridized carbons (Fsp3) is 0.545. The van der Waals surface area contributed by atoms with Crippen LogP contribution in [-0.2, 0) is 29.2 Å². The van der Waals surface area contributed by atoms with Crippen molar-refractivity contribution in [2.75, 3.05) is 19.0 Å². The Morgan fingerprint density at radius 1 is 1.29 bits per heavy atom. The minimum atomic E-state index is -4.09. The normalized spacial score (nSPS) is 25.8. The van der Waals surface area contributed by atoms with Gasteiger partial charge in [0.1, 0.15) is 6.04 Å². The summed E-state index contributed by atoms with van der Waals surface area (Å²) in [6, 6.07) is -1.31. The summed E-state index contributed by atoms with van der Waals surface area (Å²) in [5, 5.41) is 2.57. The SMILES string of the molecule is O=C1N[C@H](COCCS(=O)(=O)O)C[C@@H]1N1C(=O)C=CC1=O. The van der Waals surface area contributed by atoms with E-state index in [2.05, 4.69) is 5.32 Å². The van der Waals surface area contributed by atoms with E-state index >= 15 is 0 Å². The van der Waals surface area contributed by atoms with E-state index < -0.39 is 45.7 Å². The van der Waals surface area contributed by atoms with Crippen LogP contribution in [0.4, 0.5) is 0 Å². The lowest BCUT2D eigenvalue weighted by Crippen LogP contribution is -2.44. The molecule has 10 heteroatoms. The number of nitrogens with one attached hydrogen (secondary N) is 1. The summed E-state index contributed by atoms with van der Waals surface area (Å²) in [6.45, 7) is -0.180. The molecule has 3 amide bonds. The smallest absolute Gasteiger partial charge is 0.267 e. The number of hydrogen-bond acceptors (Lipinski definition) is 6. The summed E-state index contributed by atoms with van der Waals surface area (Å²) >= 11 is 0. The molecule has 0 aromatic rings. The lowest BCUT2D eigenvalue weighted by Gasteiger charge is -2.19. The van der Waals surface area contributed by atoms with Crippen LogP contribution in [0.2, 0.25) is 0 Å². The third-order valence-corrected chi connectivity index (χ3v) is 3.80. The van der Waals surface area contributed by atoms with Gasteiger partial charge in [0, 0.05) is 12.2 Å². The molecule has 0 saturated carbocycles. The molecule has 2 N–H and O–H groups in total. The molecule has 0 bridgehead atoms. The van der Waals surface area contributed by atoms with Gasteiger partial charge in [-0.3, -0.25) is 23.8 Å². The van der Waals surface area contributed by atoms with Crippen molar-refractivity contribution in [3.05, 3.63) is 12.2 Å². The molecular weight excluding hydrogens is 304 g/mol. The molecule has 0 unspecified atom stereocenters. The van der Waals surface area contributed by atoms with Crippen LogP contribution in [0.3, 0.4) is 0 Å². The first-order valence-electron chi connectivity index (χ1n) is 6.16. The molecule has 2 aliphatic heterocycles. The molecule has 2 aliphatic rings. The topological polar surface area (TPSA) is 130 Å². The van der Waals surface area contributed by atoms with Gasteiger partial charge in [-0.2, -0.15) is 8.42 Å². The number of nitrogens with zero attached hydrogens (tertiary/aromatic N) is 1. The van der Waals surface area contributed by atoms with Gasteiger partial charge in [-0.1, -0.05) is 0 Å². The highest BCUT2D eigenvalue weighted by molar-refractivity contribution is 7.85. The molecule has 1 fully saturated rings. The van der Waals surface area contributed by atoms with Crippen molar-refractivity contribution in [3.8, 4) is 0 Å². The predicted octanol–water partition coefficient (Wildman–Crippen LogP) is -1.93. The van der Waals surface area contributed by atoms with E-state index in [-0.39, 0.29) is 19.6 Å². The number of ether oxygens (including phenoxy) is 1. The number of carbonyl (C=O) groups is 3. The minimum absolute atomic E-state index is 0.0292. The summed E-state index contributed by atoms with van der Waals surface area (Å²) in [6.07, 6.45) is 2.40. The zero-order valence-corrected chi connectivity index (χ0v) is 11.7. The van der Waals surface area contributed by atoms with Crippen LogP contribution >= 0.6 is 0 Å². The largest absolute Gasteiger partial charge is 0.378 e. The maximum atomic E-state index is 11.8. The van der Waals surface area contributed by atoms with Crippen molar-refractivity contribution in [2.45, 2.75) is 18.5 Å². The van der Waals surface area contributed by atoms with Crippen LogP contribution in [0.1, 0.15) is 6.42 Å². The molecule has 0 aliphatic carbocycles. The zero-order valence-electron chi connectivity index (χ0n) is 10.9. The molecule has 21 heavy (non-hydrogen) atoms. The Kier molecular flexibility index (Phi) is 4.40. The van der Waals surface area contributed by atoms with Crippen LogP contribution in [0.5, 0.6) is 0 Å². The van der Waals surface area contributed by atoms with Gasteiger partial charge in [0.2, 0.25) is 5.91 Å². The number of rotatable bonds is 6. The third-order valence-electron chi connectivity index (χ3n) is 3.12. The Morgan fingerprint density at radius 2 is 1.90 bits per heavy atom. The van der Waals surface area contributed by atoms with E-state index in [4.69, 9.17) is 9.29 Å². The van der Waals surface area contributed by atoms with E-state index in [0.717, 1.165) is 17.1 Å². The van der Waals surface area contributed by atoms with Crippen LogP contribution in [-0.4, -0.2) is 66.6 Å². The first-order chi connectivity index (χ1) is 9.78. The minimum Gasteiger partial charge on any atom is -0.378 e. The van der Waals surface area contributed by atoms with Crippen molar-refractivity contribution in [1.82, 2.24) is 10.2 Å². The summed E-state index contributed by atoms with van der Waals surface area (Å²) in [4.78, 5) is 35.7. The fourth-order valence-electron chi connectivity index (χ4n) is 2.17. The lowest BCUT2D eigenvalue weighted by molar-refractivity contribution is -0.143. The fourth-order valence-corrected chi connectivity index (χ4v) is 2.50.